The van der Waals surface area contributed by atoms with Gasteiger partial charge < -0.3 is 16.2 Å². The average molecular weight is 292 g/mol. The molecule has 0 aromatic carbocycles. The lowest BCUT2D eigenvalue weighted by Crippen LogP contribution is -2.50. The fourth-order valence-corrected chi connectivity index (χ4v) is 3.43. The number of nitrogens with zero attached hydrogens (tertiary/aromatic N) is 2. The number of aliphatic hydroxyl groups excluding tert-OH is 1. The number of nitrogens with one attached hydrogen (secondary N) is 1. The monoisotopic (exact) mass is 292 g/mol. The number of aromatic nitrogens is 2. The van der Waals surface area contributed by atoms with Gasteiger partial charge in [0.05, 0.1) is 25.4 Å². The molecule has 0 saturated heterocycles. The van der Waals surface area contributed by atoms with Crippen molar-refractivity contribution in [2.45, 2.75) is 63.1 Å². The smallest absolute Gasteiger partial charge is 0.222 e. The minimum atomic E-state index is -0.275. The van der Waals surface area contributed by atoms with Crippen LogP contribution in [0.2, 0.25) is 0 Å². The van der Waals surface area contributed by atoms with Crippen molar-refractivity contribution in [3.63, 3.8) is 0 Å². The number of rotatable bonds is 5. The Kier molecular flexibility index (Phi) is 3.99. The van der Waals surface area contributed by atoms with Gasteiger partial charge in [-0.2, -0.15) is 5.10 Å². The van der Waals surface area contributed by atoms with Gasteiger partial charge in [-0.05, 0) is 38.5 Å². The lowest BCUT2D eigenvalue weighted by atomic mass is 9.75. The molecule has 0 radical (unpaired) electrons. The molecule has 2 aliphatic carbocycles. The van der Waals surface area contributed by atoms with Crippen LogP contribution in [0.3, 0.4) is 0 Å². The van der Waals surface area contributed by atoms with Crippen molar-refractivity contribution in [2.75, 3.05) is 6.61 Å². The van der Waals surface area contributed by atoms with Crippen molar-refractivity contribution < 1.29 is 9.90 Å². The Morgan fingerprint density at radius 3 is 3.00 bits per heavy atom. The molecule has 3 rings (SSSR count). The van der Waals surface area contributed by atoms with Gasteiger partial charge in [0.1, 0.15) is 0 Å². The Labute approximate surface area is 124 Å². The van der Waals surface area contributed by atoms with Gasteiger partial charge in [-0.15, -0.1) is 0 Å². The molecule has 0 aliphatic heterocycles. The molecule has 6 nitrogen and oxygen atoms in total. The van der Waals surface area contributed by atoms with Crippen LogP contribution in [0.15, 0.2) is 6.20 Å². The number of aliphatic hydroxyl groups is 1. The van der Waals surface area contributed by atoms with Gasteiger partial charge in [0.2, 0.25) is 5.91 Å². The fourth-order valence-electron chi connectivity index (χ4n) is 3.43. The Morgan fingerprint density at radius 1 is 1.52 bits per heavy atom. The zero-order valence-corrected chi connectivity index (χ0v) is 12.3. The predicted molar refractivity (Wildman–Crippen MR) is 78.5 cm³/mol. The SMILES string of the molecule is NC1(CC(=O)NC2CCCc3c2cnn3CCO)CCC1. The molecule has 1 unspecified atom stereocenters. The molecule has 0 bridgehead atoms. The van der Waals surface area contributed by atoms with Crippen molar-refractivity contribution in [1.82, 2.24) is 15.1 Å². The van der Waals surface area contributed by atoms with Crippen LogP contribution in [0, 0.1) is 0 Å². The summed E-state index contributed by atoms with van der Waals surface area (Å²) in [6.07, 6.45) is 8.22. The summed E-state index contributed by atoms with van der Waals surface area (Å²) in [5, 5.41) is 16.5. The molecular weight excluding hydrogens is 268 g/mol. The quantitative estimate of drug-likeness (QED) is 0.742. The largest absolute Gasteiger partial charge is 0.394 e. The van der Waals surface area contributed by atoms with Crippen molar-refractivity contribution in [2.24, 2.45) is 5.73 Å². The fraction of sp³-hybridized carbons (Fsp3) is 0.733. The number of carbonyl (C=O) groups excluding carboxylic acids is 1. The first-order valence-corrected chi connectivity index (χ1v) is 7.85. The highest BCUT2D eigenvalue weighted by Crippen LogP contribution is 2.33. The van der Waals surface area contributed by atoms with Crippen LogP contribution in [0.25, 0.3) is 0 Å². The molecule has 4 N–H and O–H groups in total. The minimum absolute atomic E-state index is 0.0392. The third-order valence-corrected chi connectivity index (χ3v) is 4.77. The summed E-state index contributed by atoms with van der Waals surface area (Å²) >= 11 is 0. The lowest BCUT2D eigenvalue weighted by Gasteiger charge is -2.38. The first-order valence-electron chi connectivity index (χ1n) is 7.85. The third-order valence-electron chi connectivity index (χ3n) is 4.77. The van der Waals surface area contributed by atoms with E-state index in [0.717, 1.165) is 49.8 Å². The Bertz CT molecular complexity index is 522. The minimum Gasteiger partial charge on any atom is -0.394 e. The highest BCUT2D eigenvalue weighted by Gasteiger charge is 2.35. The highest BCUT2D eigenvalue weighted by molar-refractivity contribution is 5.78. The second-order valence-electron chi connectivity index (χ2n) is 6.40. The molecule has 0 spiro atoms. The van der Waals surface area contributed by atoms with Gasteiger partial charge in [-0.25, -0.2) is 0 Å². The topological polar surface area (TPSA) is 93.2 Å². The second kappa shape index (κ2) is 5.77. The van der Waals surface area contributed by atoms with Gasteiger partial charge >= 0.3 is 0 Å². The van der Waals surface area contributed by atoms with Crippen LogP contribution in [0.1, 0.15) is 55.8 Å². The third kappa shape index (κ3) is 2.96. The van der Waals surface area contributed by atoms with E-state index in [9.17, 15) is 4.79 Å². The summed E-state index contributed by atoms with van der Waals surface area (Å²) < 4.78 is 1.85. The summed E-state index contributed by atoms with van der Waals surface area (Å²) in [7, 11) is 0. The van der Waals surface area contributed by atoms with E-state index in [4.69, 9.17) is 10.8 Å². The van der Waals surface area contributed by atoms with E-state index in [-0.39, 0.29) is 24.1 Å². The number of carbonyl (C=O) groups is 1. The van der Waals surface area contributed by atoms with Gasteiger partial charge in [0.15, 0.2) is 0 Å². The molecule has 1 saturated carbocycles. The number of hydrogen-bond acceptors (Lipinski definition) is 4. The maximum atomic E-state index is 12.2. The summed E-state index contributed by atoms with van der Waals surface area (Å²) in [6.45, 7) is 0.600. The average Bonchev–Trinajstić information content (AvgIpc) is 2.82. The number of fused-ring (bicyclic) bond motifs is 1. The van der Waals surface area contributed by atoms with Gasteiger partial charge in [0, 0.05) is 23.2 Å². The summed E-state index contributed by atoms with van der Waals surface area (Å²) in [6, 6.07) is 0.0392. The van der Waals surface area contributed by atoms with Crippen LogP contribution in [-0.2, 0) is 17.8 Å². The standard InChI is InChI=1S/C15H24N4O2/c16-15(5-2-6-15)9-14(21)18-12-3-1-4-13-11(12)10-17-19(13)7-8-20/h10,12,20H,1-9,16H2,(H,18,21). The van der Waals surface area contributed by atoms with Crippen LogP contribution in [0.4, 0.5) is 0 Å². The molecule has 1 atom stereocenters. The summed E-state index contributed by atoms with van der Waals surface area (Å²) in [5.41, 5.74) is 8.11. The van der Waals surface area contributed by atoms with E-state index in [1.54, 1.807) is 0 Å². The normalized spacial score (nSPS) is 23.2. The maximum absolute atomic E-state index is 12.2. The molecule has 21 heavy (non-hydrogen) atoms. The first-order chi connectivity index (χ1) is 10.1. The number of hydrogen-bond donors (Lipinski definition) is 3. The van der Waals surface area contributed by atoms with Gasteiger partial charge in [0.25, 0.3) is 0 Å². The van der Waals surface area contributed by atoms with Crippen LogP contribution < -0.4 is 11.1 Å². The molecule has 2 aliphatic rings. The van der Waals surface area contributed by atoms with Crippen molar-refractivity contribution in [3.8, 4) is 0 Å². The van der Waals surface area contributed by atoms with Gasteiger partial charge in [-0.3, -0.25) is 9.48 Å². The van der Waals surface area contributed by atoms with Gasteiger partial charge in [-0.1, -0.05) is 0 Å². The van der Waals surface area contributed by atoms with Crippen LogP contribution in [0.5, 0.6) is 0 Å². The van der Waals surface area contributed by atoms with E-state index in [1.807, 2.05) is 10.9 Å². The van der Waals surface area contributed by atoms with Crippen LogP contribution >= 0.6 is 0 Å². The predicted octanol–water partition coefficient (Wildman–Crippen LogP) is 0.640. The maximum Gasteiger partial charge on any atom is 0.222 e. The molecule has 116 valence electrons. The zero-order valence-electron chi connectivity index (χ0n) is 12.3. The summed E-state index contributed by atoms with van der Waals surface area (Å²) in [5.74, 6) is 0.0463. The molecule has 1 amide bonds. The van der Waals surface area contributed by atoms with E-state index < -0.39 is 0 Å². The highest BCUT2D eigenvalue weighted by atomic mass is 16.3. The van der Waals surface area contributed by atoms with Crippen LogP contribution in [-0.4, -0.2) is 32.9 Å². The zero-order chi connectivity index (χ0) is 14.9. The molecular formula is C15H24N4O2. The van der Waals surface area contributed by atoms with E-state index in [1.165, 1.54) is 0 Å². The van der Waals surface area contributed by atoms with E-state index in [2.05, 4.69) is 10.4 Å². The molecule has 1 heterocycles. The number of nitrogens with two attached hydrogens (primary N) is 1. The van der Waals surface area contributed by atoms with E-state index >= 15 is 0 Å². The van der Waals surface area contributed by atoms with E-state index in [0.29, 0.717) is 13.0 Å². The second-order valence-corrected chi connectivity index (χ2v) is 6.40. The first kappa shape index (κ1) is 14.5. The Morgan fingerprint density at radius 2 is 2.33 bits per heavy atom. The lowest BCUT2D eigenvalue weighted by molar-refractivity contribution is -0.123. The Hall–Kier alpha value is -1.40. The molecule has 1 aromatic heterocycles. The van der Waals surface area contributed by atoms with Crippen molar-refractivity contribution in [1.29, 1.82) is 0 Å². The Balaban J connectivity index is 1.66. The number of amides is 1. The molecule has 6 heteroatoms. The molecule has 1 aromatic rings. The van der Waals surface area contributed by atoms with Crippen molar-refractivity contribution in [3.05, 3.63) is 17.5 Å². The molecule has 1 fully saturated rings. The summed E-state index contributed by atoms with van der Waals surface area (Å²) in [4.78, 5) is 12.2. The van der Waals surface area contributed by atoms with Crippen molar-refractivity contribution >= 4 is 5.91 Å².